The highest BCUT2D eigenvalue weighted by Crippen LogP contribution is 2.26. The lowest BCUT2D eigenvalue weighted by Gasteiger charge is -2.05. The molecule has 0 aliphatic heterocycles. The van der Waals surface area contributed by atoms with Crippen molar-refractivity contribution >= 4 is 11.4 Å². The van der Waals surface area contributed by atoms with Crippen LogP contribution >= 0.6 is 0 Å². The van der Waals surface area contributed by atoms with Crippen molar-refractivity contribution in [2.75, 3.05) is 7.05 Å². The molecule has 0 atom stereocenters. The largest absolute Gasteiger partial charge is 0.355 e. The average Bonchev–Trinajstić information content (AvgIpc) is 3.10. The maximum Gasteiger partial charge on any atom is 0.251 e. The molecule has 5 heteroatoms. The fourth-order valence-electron chi connectivity index (χ4n) is 2.96. The molecular formula is C21H16FN3O. The Morgan fingerprint density at radius 3 is 2.62 bits per heavy atom. The van der Waals surface area contributed by atoms with Crippen molar-refractivity contribution in [2.45, 2.75) is 0 Å². The Morgan fingerprint density at radius 1 is 1.00 bits per heavy atom. The van der Waals surface area contributed by atoms with Crippen molar-refractivity contribution in [1.82, 2.24) is 14.9 Å². The third-order valence-corrected chi connectivity index (χ3v) is 4.30. The van der Waals surface area contributed by atoms with Gasteiger partial charge in [0.05, 0.1) is 11.2 Å². The molecule has 0 fully saturated rings. The van der Waals surface area contributed by atoms with Crippen molar-refractivity contribution in [3.05, 3.63) is 84.3 Å². The van der Waals surface area contributed by atoms with Gasteiger partial charge >= 0.3 is 0 Å². The van der Waals surface area contributed by atoms with Crippen LogP contribution in [0.15, 0.2) is 72.9 Å². The number of carbonyl (C=O) groups is 1. The molecule has 4 aromatic rings. The minimum Gasteiger partial charge on any atom is -0.355 e. The monoisotopic (exact) mass is 345 g/mol. The number of nitrogens with zero attached hydrogens (tertiary/aromatic N) is 2. The molecule has 0 bridgehead atoms. The van der Waals surface area contributed by atoms with Gasteiger partial charge in [-0.3, -0.25) is 4.79 Å². The van der Waals surface area contributed by atoms with Gasteiger partial charge in [-0.2, -0.15) is 5.10 Å². The average molecular weight is 345 g/mol. The summed E-state index contributed by atoms with van der Waals surface area (Å²) in [4.78, 5) is 11.8. The van der Waals surface area contributed by atoms with Crippen molar-refractivity contribution in [3.8, 4) is 22.4 Å². The molecule has 0 aliphatic rings. The smallest absolute Gasteiger partial charge is 0.251 e. The van der Waals surface area contributed by atoms with E-state index in [1.807, 2.05) is 42.6 Å². The van der Waals surface area contributed by atoms with Crippen LogP contribution in [0.4, 0.5) is 4.39 Å². The number of rotatable bonds is 3. The summed E-state index contributed by atoms with van der Waals surface area (Å²) in [6, 6.07) is 19.8. The summed E-state index contributed by atoms with van der Waals surface area (Å²) >= 11 is 0. The van der Waals surface area contributed by atoms with Crippen LogP contribution < -0.4 is 5.32 Å². The first kappa shape index (κ1) is 16.0. The zero-order valence-electron chi connectivity index (χ0n) is 14.1. The molecule has 1 N–H and O–H groups in total. The number of carbonyl (C=O) groups excluding carboxylic acids is 1. The second kappa shape index (κ2) is 6.44. The molecule has 4 nitrogen and oxygen atoms in total. The lowest BCUT2D eigenvalue weighted by atomic mass is 10.0. The third-order valence-electron chi connectivity index (χ3n) is 4.30. The van der Waals surface area contributed by atoms with E-state index in [1.54, 1.807) is 35.8 Å². The van der Waals surface area contributed by atoms with E-state index in [2.05, 4.69) is 10.4 Å². The molecule has 0 saturated heterocycles. The number of amides is 1. The van der Waals surface area contributed by atoms with E-state index in [4.69, 9.17) is 0 Å². The fraction of sp³-hybridized carbons (Fsp3) is 0.0476. The van der Waals surface area contributed by atoms with Gasteiger partial charge in [0.2, 0.25) is 0 Å². The van der Waals surface area contributed by atoms with E-state index in [0.717, 1.165) is 16.6 Å². The molecule has 0 unspecified atom stereocenters. The van der Waals surface area contributed by atoms with Gasteiger partial charge in [-0.25, -0.2) is 8.91 Å². The Morgan fingerprint density at radius 2 is 1.81 bits per heavy atom. The van der Waals surface area contributed by atoms with Gasteiger partial charge in [0.15, 0.2) is 0 Å². The Hall–Kier alpha value is -3.47. The molecule has 0 radical (unpaired) electrons. The summed E-state index contributed by atoms with van der Waals surface area (Å²) < 4.78 is 15.7. The highest BCUT2D eigenvalue weighted by atomic mass is 19.1. The first-order valence-corrected chi connectivity index (χ1v) is 8.22. The predicted molar refractivity (Wildman–Crippen MR) is 99.4 cm³/mol. The summed E-state index contributed by atoms with van der Waals surface area (Å²) in [6.07, 6.45) is 1.83. The first-order valence-electron chi connectivity index (χ1n) is 8.22. The van der Waals surface area contributed by atoms with E-state index in [9.17, 15) is 9.18 Å². The highest BCUT2D eigenvalue weighted by molar-refractivity contribution is 5.95. The van der Waals surface area contributed by atoms with Crippen LogP contribution in [-0.4, -0.2) is 22.6 Å². The molecule has 0 spiro atoms. The molecule has 2 aromatic heterocycles. The van der Waals surface area contributed by atoms with Crippen LogP contribution in [0.5, 0.6) is 0 Å². The first-order chi connectivity index (χ1) is 12.7. The Labute approximate surface area is 149 Å². The van der Waals surface area contributed by atoms with Gasteiger partial charge in [0, 0.05) is 24.4 Å². The number of halogens is 1. The van der Waals surface area contributed by atoms with E-state index in [1.165, 1.54) is 6.07 Å². The summed E-state index contributed by atoms with van der Waals surface area (Å²) in [5.41, 5.74) is 4.40. The van der Waals surface area contributed by atoms with Gasteiger partial charge < -0.3 is 5.32 Å². The molecule has 4 rings (SSSR count). The van der Waals surface area contributed by atoms with Crippen molar-refractivity contribution in [2.24, 2.45) is 0 Å². The molecular weight excluding hydrogens is 329 g/mol. The molecule has 128 valence electrons. The molecule has 0 aliphatic carbocycles. The topological polar surface area (TPSA) is 46.4 Å². The standard InChI is InChI=1S/C21H16FN3O/c1-23-21(26)16-6-4-5-14(11-16)15-9-10-25-17(12-15)13-20(24-25)18-7-2-3-8-19(18)22/h2-13H,1H3,(H,23,26). The summed E-state index contributed by atoms with van der Waals surface area (Å²) in [7, 11) is 1.61. The number of benzene rings is 2. The lowest BCUT2D eigenvalue weighted by molar-refractivity contribution is 0.0963. The summed E-state index contributed by atoms with van der Waals surface area (Å²) in [5, 5.41) is 7.08. The summed E-state index contributed by atoms with van der Waals surface area (Å²) in [6.45, 7) is 0. The molecule has 0 saturated carbocycles. The molecule has 2 aromatic carbocycles. The summed E-state index contributed by atoms with van der Waals surface area (Å²) in [5.74, 6) is -0.423. The molecule has 1 amide bonds. The second-order valence-corrected chi connectivity index (χ2v) is 5.95. The van der Waals surface area contributed by atoms with Crippen molar-refractivity contribution in [1.29, 1.82) is 0 Å². The molecule has 2 heterocycles. The van der Waals surface area contributed by atoms with Crippen LogP contribution in [0.3, 0.4) is 0 Å². The van der Waals surface area contributed by atoms with Crippen molar-refractivity contribution < 1.29 is 9.18 Å². The predicted octanol–water partition coefficient (Wildman–Crippen LogP) is 4.17. The number of pyridine rings is 1. The number of nitrogens with one attached hydrogen (secondary N) is 1. The maximum atomic E-state index is 14.0. The normalized spacial score (nSPS) is 10.8. The quantitative estimate of drug-likeness (QED) is 0.606. The van der Waals surface area contributed by atoms with Crippen LogP contribution in [0, 0.1) is 5.82 Å². The number of hydrogen-bond acceptors (Lipinski definition) is 2. The van der Waals surface area contributed by atoms with E-state index < -0.39 is 0 Å². The van der Waals surface area contributed by atoms with E-state index in [-0.39, 0.29) is 11.7 Å². The van der Waals surface area contributed by atoms with Gasteiger partial charge in [0.25, 0.3) is 5.91 Å². The number of hydrogen-bond donors (Lipinski definition) is 1. The minimum atomic E-state index is -0.297. The van der Waals surface area contributed by atoms with Gasteiger partial charge in [0.1, 0.15) is 5.82 Å². The van der Waals surface area contributed by atoms with E-state index >= 15 is 0 Å². The van der Waals surface area contributed by atoms with E-state index in [0.29, 0.717) is 16.8 Å². The third kappa shape index (κ3) is 2.84. The Bertz CT molecular complexity index is 1120. The maximum absolute atomic E-state index is 14.0. The number of aromatic nitrogens is 2. The van der Waals surface area contributed by atoms with Gasteiger partial charge in [-0.05, 0) is 53.6 Å². The lowest BCUT2D eigenvalue weighted by Crippen LogP contribution is -2.17. The molecule has 26 heavy (non-hydrogen) atoms. The SMILES string of the molecule is CNC(=O)c1cccc(-c2ccn3nc(-c4ccccc4F)cc3c2)c1. The van der Waals surface area contributed by atoms with Crippen LogP contribution in [0.1, 0.15) is 10.4 Å². The number of fused-ring (bicyclic) bond motifs is 1. The van der Waals surface area contributed by atoms with Crippen molar-refractivity contribution in [3.63, 3.8) is 0 Å². The highest BCUT2D eigenvalue weighted by Gasteiger charge is 2.10. The second-order valence-electron chi connectivity index (χ2n) is 5.95. The van der Waals surface area contributed by atoms with Gasteiger partial charge in [-0.1, -0.05) is 24.3 Å². The van der Waals surface area contributed by atoms with Crippen LogP contribution in [0.25, 0.3) is 27.9 Å². The fourth-order valence-corrected chi connectivity index (χ4v) is 2.96. The zero-order chi connectivity index (χ0) is 18.1. The Kier molecular flexibility index (Phi) is 3.97. The zero-order valence-corrected chi connectivity index (χ0v) is 14.1. The Balaban J connectivity index is 1.77. The minimum absolute atomic E-state index is 0.126. The van der Waals surface area contributed by atoms with Crippen LogP contribution in [-0.2, 0) is 0 Å². The van der Waals surface area contributed by atoms with Crippen LogP contribution in [0.2, 0.25) is 0 Å². The van der Waals surface area contributed by atoms with Gasteiger partial charge in [-0.15, -0.1) is 0 Å².